The molecule has 0 unspecified atom stereocenters. The van der Waals surface area contributed by atoms with Gasteiger partial charge in [0.1, 0.15) is 0 Å². The number of aryl methyl sites for hydroxylation is 1. The molecule has 0 N–H and O–H groups in total. The quantitative estimate of drug-likeness (QED) is 0.719. The Kier molecular flexibility index (Phi) is 2.50. The molecule has 0 amide bonds. The minimum atomic E-state index is 0.852. The molecule has 0 aliphatic carbocycles. The van der Waals surface area contributed by atoms with Crippen LogP contribution in [-0.4, -0.2) is 9.97 Å². The third-order valence-corrected chi connectivity index (χ3v) is 2.18. The molecule has 3 heteroatoms. The van der Waals surface area contributed by atoms with Gasteiger partial charge in [-0.05, 0) is 24.6 Å². The van der Waals surface area contributed by atoms with Crippen molar-refractivity contribution in [3.63, 3.8) is 0 Å². The second kappa shape index (κ2) is 3.80. The lowest BCUT2D eigenvalue weighted by Crippen LogP contribution is -1.85. The summed E-state index contributed by atoms with van der Waals surface area (Å²) in [5.74, 6) is 0. The first kappa shape index (κ1) is 9.21. The summed E-state index contributed by atoms with van der Waals surface area (Å²) in [5.41, 5.74) is 3.08. The van der Waals surface area contributed by atoms with Crippen LogP contribution in [0.15, 0.2) is 41.7 Å². The topological polar surface area (TPSA) is 25.8 Å². The molecule has 0 radical (unpaired) electrons. The molecule has 0 bridgehead atoms. The number of rotatable bonds is 1. The lowest BCUT2D eigenvalue weighted by Gasteiger charge is -2.00. The molecule has 2 heterocycles. The van der Waals surface area contributed by atoms with Crippen LogP contribution in [0.25, 0.3) is 11.3 Å². The Morgan fingerprint density at radius 2 is 2.00 bits per heavy atom. The highest BCUT2D eigenvalue weighted by Crippen LogP contribution is 2.18. The molecule has 0 atom stereocenters. The van der Waals surface area contributed by atoms with Crippen molar-refractivity contribution >= 4 is 12.6 Å². The molecular formula is C11H10N2S. The molecule has 0 aliphatic heterocycles. The molecule has 2 aromatic heterocycles. The van der Waals surface area contributed by atoms with Crippen molar-refractivity contribution in [2.24, 2.45) is 0 Å². The van der Waals surface area contributed by atoms with Crippen LogP contribution in [0.3, 0.4) is 0 Å². The maximum Gasteiger partial charge on any atom is 0.0718 e. The number of thiol groups is 1. The first-order valence-corrected chi connectivity index (χ1v) is 4.77. The van der Waals surface area contributed by atoms with E-state index in [2.05, 4.69) is 22.6 Å². The summed E-state index contributed by atoms with van der Waals surface area (Å²) < 4.78 is 0. The van der Waals surface area contributed by atoms with E-state index in [9.17, 15) is 0 Å². The molecule has 0 aliphatic rings. The van der Waals surface area contributed by atoms with Crippen molar-refractivity contribution in [3.8, 4) is 11.3 Å². The van der Waals surface area contributed by atoms with Gasteiger partial charge in [0.25, 0.3) is 0 Å². The SMILES string of the molecule is Cc1ccc(-c2cncc(S)c2)nc1. The van der Waals surface area contributed by atoms with Crippen LogP contribution in [0.2, 0.25) is 0 Å². The molecule has 70 valence electrons. The van der Waals surface area contributed by atoms with Gasteiger partial charge in [0.05, 0.1) is 5.69 Å². The number of aromatic nitrogens is 2. The molecular weight excluding hydrogens is 192 g/mol. The lowest BCUT2D eigenvalue weighted by molar-refractivity contribution is 1.21. The van der Waals surface area contributed by atoms with Crippen LogP contribution < -0.4 is 0 Å². The zero-order valence-corrected chi connectivity index (χ0v) is 8.70. The Balaban J connectivity index is 2.44. The highest BCUT2D eigenvalue weighted by atomic mass is 32.1. The molecule has 14 heavy (non-hydrogen) atoms. The molecule has 0 saturated heterocycles. The van der Waals surface area contributed by atoms with Gasteiger partial charge in [-0.3, -0.25) is 9.97 Å². The van der Waals surface area contributed by atoms with Crippen LogP contribution >= 0.6 is 12.6 Å². The Morgan fingerprint density at radius 1 is 1.14 bits per heavy atom. The number of pyridine rings is 2. The lowest BCUT2D eigenvalue weighted by atomic mass is 10.2. The van der Waals surface area contributed by atoms with E-state index in [1.807, 2.05) is 31.3 Å². The second-order valence-electron chi connectivity index (χ2n) is 3.15. The van der Waals surface area contributed by atoms with Crippen molar-refractivity contribution in [3.05, 3.63) is 42.4 Å². The van der Waals surface area contributed by atoms with Crippen molar-refractivity contribution < 1.29 is 0 Å². The summed E-state index contributed by atoms with van der Waals surface area (Å²) in [7, 11) is 0. The van der Waals surface area contributed by atoms with E-state index in [1.165, 1.54) is 0 Å². The first-order chi connectivity index (χ1) is 6.75. The highest BCUT2D eigenvalue weighted by Gasteiger charge is 1.98. The fourth-order valence-corrected chi connectivity index (χ4v) is 1.41. The first-order valence-electron chi connectivity index (χ1n) is 4.33. The summed E-state index contributed by atoms with van der Waals surface area (Å²) >= 11 is 4.23. The van der Waals surface area contributed by atoms with E-state index in [1.54, 1.807) is 12.4 Å². The zero-order valence-electron chi connectivity index (χ0n) is 7.81. The van der Waals surface area contributed by atoms with E-state index in [0.717, 1.165) is 21.7 Å². The predicted molar refractivity (Wildman–Crippen MR) is 59.5 cm³/mol. The maximum absolute atomic E-state index is 4.32. The second-order valence-corrected chi connectivity index (χ2v) is 3.67. The van der Waals surface area contributed by atoms with E-state index in [0.29, 0.717) is 0 Å². The minimum Gasteiger partial charge on any atom is -0.263 e. The van der Waals surface area contributed by atoms with Gasteiger partial charge in [0, 0.05) is 29.0 Å². The molecule has 2 aromatic rings. The molecule has 0 fully saturated rings. The van der Waals surface area contributed by atoms with Gasteiger partial charge in [-0.1, -0.05) is 6.07 Å². The van der Waals surface area contributed by atoms with Crippen LogP contribution in [-0.2, 0) is 0 Å². The van der Waals surface area contributed by atoms with Gasteiger partial charge < -0.3 is 0 Å². The monoisotopic (exact) mass is 202 g/mol. The Morgan fingerprint density at radius 3 is 2.64 bits per heavy atom. The third-order valence-electron chi connectivity index (χ3n) is 1.93. The van der Waals surface area contributed by atoms with Gasteiger partial charge in [-0.15, -0.1) is 12.6 Å². The average molecular weight is 202 g/mol. The minimum absolute atomic E-state index is 0.852. The van der Waals surface area contributed by atoms with Crippen molar-refractivity contribution in [2.75, 3.05) is 0 Å². The van der Waals surface area contributed by atoms with Crippen LogP contribution in [0.5, 0.6) is 0 Å². The Bertz CT molecular complexity index is 437. The van der Waals surface area contributed by atoms with E-state index in [-0.39, 0.29) is 0 Å². The van der Waals surface area contributed by atoms with Gasteiger partial charge in [-0.25, -0.2) is 0 Å². The van der Waals surface area contributed by atoms with Crippen molar-refractivity contribution in [2.45, 2.75) is 11.8 Å². The molecule has 0 spiro atoms. The summed E-state index contributed by atoms with van der Waals surface area (Å²) in [6.45, 7) is 2.02. The number of hydrogen-bond donors (Lipinski definition) is 1. The summed E-state index contributed by atoms with van der Waals surface area (Å²) in [6, 6.07) is 5.97. The van der Waals surface area contributed by atoms with Crippen LogP contribution in [0, 0.1) is 6.92 Å². The van der Waals surface area contributed by atoms with E-state index in [4.69, 9.17) is 0 Å². The fraction of sp³-hybridized carbons (Fsp3) is 0.0909. The molecule has 2 rings (SSSR count). The van der Waals surface area contributed by atoms with Crippen LogP contribution in [0.4, 0.5) is 0 Å². The number of nitrogens with zero attached hydrogens (tertiary/aromatic N) is 2. The standard InChI is InChI=1S/C11H10N2S/c1-8-2-3-11(13-5-8)9-4-10(14)7-12-6-9/h2-7,14H,1H3. The number of hydrogen-bond acceptors (Lipinski definition) is 3. The maximum atomic E-state index is 4.32. The zero-order chi connectivity index (χ0) is 9.97. The van der Waals surface area contributed by atoms with E-state index < -0.39 is 0 Å². The summed E-state index contributed by atoms with van der Waals surface area (Å²) in [5, 5.41) is 0. The smallest absolute Gasteiger partial charge is 0.0718 e. The Labute approximate surface area is 88.4 Å². The van der Waals surface area contributed by atoms with Crippen LogP contribution in [0.1, 0.15) is 5.56 Å². The highest BCUT2D eigenvalue weighted by molar-refractivity contribution is 7.80. The normalized spacial score (nSPS) is 10.1. The molecule has 0 saturated carbocycles. The van der Waals surface area contributed by atoms with Gasteiger partial charge in [0.2, 0.25) is 0 Å². The van der Waals surface area contributed by atoms with E-state index >= 15 is 0 Å². The van der Waals surface area contributed by atoms with Gasteiger partial charge in [-0.2, -0.15) is 0 Å². The predicted octanol–water partition coefficient (Wildman–Crippen LogP) is 2.74. The van der Waals surface area contributed by atoms with Gasteiger partial charge in [0.15, 0.2) is 0 Å². The molecule has 0 aromatic carbocycles. The Hall–Kier alpha value is -1.35. The third kappa shape index (κ3) is 1.93. The fourth-order valence-electron chi connectivity index (χ4n) is 1.21. The summed E-state index contributed by atoms with van der Waals surface area (Å²) in [6.07, 6.45) is 5.35. The van der Waals surface area contributed by atoms with Crippen molar-refractivity contribution in [1.82, 2.24) is 9.97 Å². The van der Waals surface area contributed by atoms with Crippen molar-refractivity contribution in [1.29, 1.82) is 0 Å². The summed E-state index contributed by atoms with van der Waals surface area (Å²) in [4.78, 5) is 9.23. The average Bonchev–Trinajstić information content (AvgIpc) is 2.19. The molecule has 2 nitrogen and oxygen atoms in total. The largest absolute Gasteiger partial charge is 0.263 e. The van der Waals surface area contributed by atoms with Gasteiger partial charge >= 0.3 is 0 Å².